The van der Waals surface area contributed by atoms with Crippen molar-refractivity contribution in [1.82, 2.24) is 20.2 Å². The van der Waals surface area contributed by atoms with Crippen molar-refractivity contribution in [2.75, 3.05) is 18.8 Å². The highest BCUT2D eigenvalue weighted by molar-refractivity contribution is 6.35. The molecule has 1 aromatic heterocycles. The van der Waals surface area contributed by atoms with E-state index >= 15 is 0 Å². The summed E-state index contributed by atoms with van der Waals surface area (Å²) < 4.78 is 1.79. The summed E-state index contributed by atoms with van der Waals surface area (Å²) >= 11 is 18.7. The molecule has 0 saturated carbocycles. The topological polar surface area (TPSA) is 59.1 Å². The molecule has 4 rings (SSSR count). The molecule has 0 aliphatic carbocycles. The van der Waals surface area contributed by atoms with E-state index in [9.17, 15) is 0 Å². The molecule has 1 saturated heterocycles. The molecule has 31 heavy (non-hydrogen) atoms. The zero-order valence-corrected chi connectivity index (χ0v) is 19.9. The average Bonchev–Trinajstić information content (AvgIpc) is 3.02. The summed E-state index contributed by atoms with van der Waals surface area (Å²) in [4.78, 5) is 0. The Morgan fingerprint density at radius 3 is 2.45 bits per heavy atom. The fourth-order valence-corrected chi connectivity index (χ4v) is 4.68. The molecule has 2 aromatic carbocycles. The van der Waals surface area contributed by atoms with Gasteiger partial charge in [-0.15, -0.1) is 0 Å². The lowest BCUT2D eigenvalue weighted by Crippen LogP contribution is -2.47. The number of nitrogens with two attached hydrogens (primary N) is 1. The van der Waals surface area contributed by atoms with Gasteiger partial charge in [-0.3, -0.25) is 0 Å². The minimum Gasteiger partial charge on any atom is -0.395 e. The number of nitrogen functional groups attached to an aromatic ring is 1. The summed E-state index contributed by atoms with van der Waals surface area (Å²) in [6, 6.07) is 12.9. The lowest BCUT2D eigenvalue weighted by molar-refractivity contribution is 0.0685. The molecule has 0 amide bonds. The Hall–Kier alpha value is -1.76. The van der Waals surface area contributed by atoms with Crippen LogP contribution in [0.2, 0.25) is 15.1 Å². The average molecular weight is 479 g/mol. The Kier molecular flexibility index (Phi) is 6.52. The van der Waals surface area contributed by atoms with E-state index in [1.54, 1.807) is 16.8 Å². The van der Waals surface area contributed by atoms with Gasteiger partial charge in [0.2, 0.25) is 0 Å². The minimum atomic E-state index is 0.293. The first-order chi connectivity index (χ1) is 14.7. The van der Waals surface area contributed by atoms with E-state index in [0.29, 0.717) is 38.4 Å². The van der Waals surface area contributed by atoms with Gasteiger partial charge in [-0.05, 0) is 48.6 Å². The molecule has 0 atom stereocenters. The standard InChI is InChI=1S/C23H26Cl3N5/c1-23(2)10-3-11-30(14-23)28-13-19-21(27)22(15-4-6-16(24)7-5-15)31(29-19)20-9-8-17(25)12-18(20)26/h4-9,12,28H,3,10-11,13-14,27H2,1-2H3. The van der Waals surface area contributed by atoms with Crippen molar-refractivity contribution < 1.29 is 0 Å². The Balaban J connectivity index is 1.71. The number of nitrogens with one attached hydrogen (secondary N) is 1. The van der Waals surface area contributed by atoms with Gasteiger partial charge in [0.25, 0.3) is 0 Å². The second-order valence-electron chi connectivity index (χ2n) is 8.75. The van der Waals surface area contributed by atoms with Crippen molar-refractivity contribution in [2.45, 2.75) is 33.2 Å². The maximum absolute atomic E-state index is 6.62. The maximum Gasteiger partial charge on any atom is 0.102 e. The Labute approximate surface area is 198 Å². The first-order valence-corrected chi connectivity index (χ1v) is 11.4. The monoisotopic (exact) mass is 477 g/mol. The number of hydrogen-bond acceptors (Lipinski definition) is 4. The predicted octanol–water partition coefficient (Wildman–Crippen LogP) is 6.21. The summed E-state index contributed by atoms with van der Waals surface area (Å²) in [5, 5.41) is 8.82. The number of hydrogen-bond donors (Lipinski definition) is 2. The highest BCUT2D eigenvalue weighted by atomic mass is 35.5. The van der Waals surface area contributed by atoms with Crippen LogP contribution in [0.1, 0.15) is 32.4 Å². The van der Waals surface area contributed by atoms with Crippen LogP contribution in [-0.4, -0.2) is 27.9 Å². The largest absolute Gasteiger partial charge is 0.395 e. The quantitative estimate of drug-likeness (QED) is 0.458. The highest BCUT2D eigenvalue weighted by Crippen LogP contribution is 2.35. The van der Waals surface area contributed by atoms with Crippen LogP contribution < -0.4 is 11.2 Å². The molecular weight excluding hydrogens is 453 g/mol. The van der Waals surface area contributed by atoms with Gasteiger partial charge in [-0.25, -0.2) is 15.1 Å². The van der Waals surface area contributed by atoms with Gasteiger partial charge in [0.1, 0.15) is 5.69 Å². The molecule has 0 unspecified atom stereocenters. The lowest BCUT2D eigenvalue weighted by atomic mass is 9.85. The van der Waals surface area contributed by atoms with Crippen LogP contribution in [0.5, 0.6) is 0 Å². The molecule has 0 radical (unpaired) electrons. The van der Waals surface area contributed by atoms with Crippen molar-refractivity contribution in [3.8, 4) is 16.9 Å². The molecule has 3 N–H and O–H groups in total. The number of nitrogens with zero attached hydrogens (tertiary/aromatic N) is 3. The van der Waals surface area contributed by atoms with Gasteiger partial charge in [0.05, 0.1) is 28.6 Å². The second-order valence-corrected chi connectivity index (χ2v) is 10.0. The van der Waals surface area contributed by atoms with Gasteiger partial charge in [-0.1, -0.05) is 60.8 Å². The van der Waals surface area contributed by atoms with Gasteiger partial charge >= 0.3 is 0 Å². The normalized spacial score (nSPS) is 16.5. The van der Waals surface area contributed by atoms with Gasteiger partial charge in [0.15, 0.2) is 0 Å². The van der Waals surface area contributed by atoms with E-state index < -0.39 is 0 Å². The van der Waals surface area contributed by atoms with Crippen LogP contribution in [0.25, 0.3) is 16.9 Å². The molecule has 1 aliphatic heterocycles. The molecule has 3 aromatic rings. The molecular formula is C23H26Cl3N5. The van der Waals surface area contributed by atoms with Crippen LogP contribution in [-0.2, 0) is 6.54 Å². The summed E-state index contributed by atoms with van der Waals surface area (Å²) in [5.41, 5.74) is 14.2. The lowest BCUT2D eigenvalue weighted by Gasteiger charge is -2.38. The third kappa shape index (κ3) is 5.02. The van der Waals surface area contributed by atoms with Crippen LogP contribution in [0.15, 0.2) is 42.5 Å². The number of benzene rings is 2. The number of hydrazine groups is 1. The van der Waals surface area contributed by atoms with Gasteiger partial charge in [0, 0.05) is 28.7 Å². The number of rotatable bonds is 5. The molecule has 0 bridgehead atoms. The van der Waals surface area contributed by atoms with Crippen molar-refractivity contribution in [3.05, 3.63) is 63.2 Å². The summed E-state index contributed by atoms with van der Waals surface area (Å²) in [6.45, 7) is 7.12. The maximum atomic E-state index is 6.62. The fraction of sp³-hybridized carbons (Fsp3) is 0.348. The van der Waals surface area contributed by atoms with Crippen molar-refractivity contribution in [3.63, 3.8) is 0 Å². The number of halogens is 3. The molecule has 2 heterocycles. The Morgan fingerprint density at radius 2 is 1.77 bits per heavy atom. The van der Waals surface area contributed by atoms with Crippen LogP contribution >= 0.6 is 34.8 Å². The van der Waals surface area contributed by atoms with E-state index in [-0.39, 0.29) is 0 Å². The number of anilines is 1. The third-order valence-electron chi connectivity index (χ3n) is 5.62. The molecule has 1 aliphatic rings. The zero-order chi connectivity index (χ0) is 22.2. The molecule has 0 spiro atoms. The summed E-state index contributed by atoms with van der Waals surface area (Å²) in [7, 11) is 0. The second kappa shape index (κ2) is 9.00. The Morgan fingerprint density at radius 1 is 1.06 bits per heavy atom. The zero-order valence-electron chi connectivity index (χ0n) is 17.6. The SMILES string of the molecule is CC1(C)CCCN(NCc2nn(-c3ccc(Cl)cc3Cl)c(-c3ccc(Cl)cc3)c2N)C1. The molecule has 5 nitrogen and oxygen atoms in total. The number of aromatic nitrogens is 2. The predicted molar refractivity (Wildman–Crippen MR) is 130 cm³/mol. The van der Waals surface area contributed by atoms with E-state index in [0.717, 1.165) is 30.0 Å². The third-order valence-corrected chi connectivity index (χ3v) is 6.41. The summed E-state index contributed by atoms with van der Waals surface area (Å²) in [6.07, 6.45) is 2.40. The minimum absolute atomic E-state index is 0.293. The van der Waals surface area contributed by atoms with Crippen molar-refractivity contribution in [1.29, 1.82) is 0 Å². The van der Waals surface area contributed by atoms with Crippen LogP contribution in [0, 0.1) is 5.41 Å². The van der Waals surface area contributed by atoms with Crippen molar-refractivity contribution in [2.24, 2.45) is 5.41 Å². The van der Waals surface area contributed by atoms with E-state index in [1.165, 1.54) is 12.8 Å². The van der Waals surface area contributed by atoms with Crippen LogP contribution in [0.4, 0.5) is 5.69 Å². The molecule has 8 heteroatoms. The first-order valence-electron chi connectivity index (χ1n) is 10.3. The summed E-state index contributed by atoms with van der Waals surface area (Å²) in [5.74, 6) is 0. The molecule has 1 fully saturated rings. The smallest absolute Gasteiger partial charge is 0.102 e. The van der Waals surface area contributed by atoms with E-state index in [2.05, 4.69) is 24.3 Å². The highest BCUT2D eigenvalue weighted by Gasteiger charge is 2.27. The van der Waals surface area contributed by atoms with Crippen molar-refractivity contribution >= 4 is 40.5 Å². The van der Waals surface area contributed by atoms with E-state index in [4.69, 9.17) is 45.6 Å². The Bertz CT molecular complexity index is 1080. The van der Waals surface area contributed by atoms with Gasteiger partial charge in [-0.2, -0.15) is 5.10 Å². The first kappa shape index (κ1) is 22.4. The van der Waals surface area contributed by atoms with Crippen LogP contribution in [0.3, 0.4) is 0 Å². The molecule has 164 valence electrons. The fourth-order valence-electron chi connectivity index (χ4n) is 4.06. The van der Waals surface area contributed by atoms with E-state index in [1.807, 2.05) is 30.3 Å². The number of piperidine rings is 1. The van der Waals surface area contributed by atoms with Gasteiger partial charge < -0.3 is 5.73 Å².